The Morgan fingerprint density at radius 1 is 1.04 bits per heavy atom. The van der Waals surface area contributed by atoms with E-state index in [4.69, 9.17) is 0 Å². The van der Waals surface area contributed by atoms with Crippen molar-refractivity contribution in [3.63, 3.8) is 0 Å². The molecule has 0 radical (unpaired) electrons. The molecule has 0 bridgehead atoms. The molecule has 5 nitrogen and oxygen atoms in total. The molecule has 3 amide bonds. The van der Waals surface area contributed by atoms with Gasteiger partial charge < -0.3 is 5.32 Å². The van der Waals surface area contributed by atoms with Gasteiger partial charge in [-0.3, -0.25) is 19.3 Å². The van der Waals surface area contributed by atoms with E-state index in [1.807, 2.05) is 0 Å². The van der Waals surface area contributed by atoms with Crippen molar-refractivity contribution >= 4 is 23.4 Å². The third-order valence-corrected chi connectivity index (χ3v) is 4.71. The minimum absolute atomic E-state index is 0.142. The third kappa shape index (κ3) is 4.58. The maximum absolute atomic E-state index is 13.0. The number of nitrogens with zero attached hydrogens (tertiary/aromatic N) is 1. The fraction of sp³-hybridized carbons (Fsp3) is 0.286. The van der Waals surface area contributed by atoms with Crippen molar-refractivity contribution in [1.82, 2.24) is 4.90 Å². The highest BCUT2D eigenvalue weighted by atomic mass is 19.1. The molecule has 1 fully saturated rings. The van der Waals surface area contributed by atoms with Crippen LogP contribution in [0.3, 0.4) is 0 Å². The summed E-state index contributed by atoms with van der Waals surface area (Å²) < 4.78 is 13.0. The smallest absolute Gasteiger partial charge is 0.231 e. The van der Waals surface area contributed by atoms with Gasteiger partial charge in [0.25, 0.3) is 0 Å². The van der Waals surface area contributed by atoms with Gasteiger partial charge in [0.2, 0.25) is 17.7 Å². The Morgan fingerprint density at radius 3 is 2.22 bits per heavy atom. The summed E-state index contributed by atoms with van der Waals surface area (Å²) in [6.45, 7) is 2.00. The molecule has 0 aromatic heterocycles. The summed E-state index contributed by atoms with van der Waals surface area (Å²) in [5.74, 6) is -1.24. The molecule has 1 aliphatic heterocycles. The van der Waals surface area contributed by atoms with E-state index in [9.17, 15) is 18.8 Å². The van der Waals surface area contributed by atoms with Crippen LogP contribution in [0, 0.1) is 5.82 Å². The predicted molar refractivity (Wildman–Crippen MR) is 99.3 cm³/mol. The highest BCUT2D eigenvalue weighted by molar-refractivity contribution is 5.97. The number of likely N-dealkylation sites (tertiary alicyclic amines) is 1. The zero-order chi connectivity index (χ0) is 19.4. The van der Waals surface area contributed by atoms with E-state index >= 15 is 0 Å². The van der Waals surface area contributed by atoms with Gasteiger partial charge in [-0.1, -0.05) is 24.3 Å². The zero-order valence-corrected chi connectivity index (χ0v) is 15.1. The molecule has 2 aromatic carbocycles. The van der Waals surface area contributed by atoms with Crippen LogP contribution in [-0.2, 0) is 20.9 Å². The molecular formula is C21H21FN2O3. The number of piperidine rings is 1. The molecule has 1 heterocycles. The quantitative estimate of drug-likeness (QED) is 0.820. The van der Waals surface area contributed by atoms with Gasteiger partial charge in [-0.05, 0) is 48.7 Å². The van der Waals surface area contributed by atoms with Gasteiger partial charge in [-0.15, -0.1) is 0 Å². The number of rotatable bonds is 5. The second-order valence-electron chi connectivity index (χ2n) is 6.69. The van der Waals surface area contributed by atoms with Gasteiger partial charge in [0.1, 0.15) is 5.82 Å². The molecular weight excluding hydrogens is 347 g/mol. The number of nitrogens with one attached hydrogen (secondary N) is 1. The molecule has 0 saturated carbocycles. The standard InChI is InChI=1S/C21H21FN2O3/c1-14(16-7-9-17(22)10-8-16)21(27)23-18-11-5-15(6-12-18)13-24-19(25)3-2-4-20(24)26/h5-12,14H,2-4,13H2,1H3,(H,23,27)/t14-/m0/s1. The monoisotopic (exact) mass is 368 g/mol. The maximum Gasteiger partial charge on any atom is 0.231 e. The summed E-state index contributed by atoms with van der Waals surface area (Å²) >= 11 is 0. The lowest BCUT2D eigenvalue weighted by Gasteiger charge is -2.24. The van der Waals surface area contributed by atoms with E-state index in [1.165, 1.54) is 17.0 Å². The SMILES string of the molecule is C[C@H](C(=O)Nc1ccc(CN2C(=O)CCCC2=O)cc1)c1ccc(F)cc1. The number of amides is 3. The third-order valence-electron chi connectivity index (χ3n) is 4.71. The van der Waals surface area contributed by atoms with Crippen molar-refractivity contribution in [3.8, 4) is 0 Å². The Bertz CT molecular complexity index is 831. The fourth-order valence-corrected chi connectivity index (χ4v) is 3.01. The van der Waals surface area contributed by atoms with E-state index in [1.54, 1.807) is 43.3 Å². The molecule has 140 valence electrons. The molecule has 0 unspecified atom stereocenters. The molecule has 1 aliphatic rings. The summed E-state index contributed by atoms with van der Waals surface area (Å²) in [7, 11) is 0. The van der Waals surface area contributed by atoms with Crippen molar-refractivity contribution in [2.75, 3.05) is 5.32 Å². The summed E-state index contributed by atoms with van der Waals surface area (Å²) in [6, 6.07) is 12.9. The van der Waals surface area contributed by atoms with E-state index in [-0.39, 0.29) is 30.1 Å². The zero-order valence-electron chi connectivity index (χ0n) is 15.1. The van der Waals surface area contributed by atoms with Crippen LogP contribution in [0.15, 0.2) is 48.5 Å². The first-order chi connectivity index (χ1) is 12.9. The van der Waals surface area contributed by atoms with Crippen LogP contribution in [-0.4, -0.2) is 22.6 Å². The highest BCUT2D eigenvalue weighted by Crippen LogP contribution is 2.20. The van der Waals surface area contributed by atoms with Gasteiger partial charge in [-0.25, -0.2) is 4.39 Å². The lowest BCUT2D eigenvalue weighted by atomic mass is 10.0. The molecule has 6 heteroatoms. The molecule has 0 aliphatic carbocycles. The Labute approximate surface area is 157 Å². The normalized spacial score (nSPS) is 15.6. The minimum atomic E-state index is -0.422. The Morgan fingerprint density at radius 2 is 1.63 bits per heavy atom. The largest absolute Gasteiger partial charge is 0.326 e. The van der Waals surface area contributed by atoms with Crippen LogP contribution < -0.4 is 5.32 Å². The van der Waals surface area contributed by atoms with Gasteiger partial charge in [-0.2, -0.15) is 0 Å². The van der Waals surface area contributed by atoms with Crippen LogP contribution in [0.4, 0.5) is 10.1 Å². The molecule has 3 rings (SSSR count). The fourth-order valence-electron chi connectivity index (χ4n) is 3.01. The van der Waals surface area contributed by atoms with Crippen molar-refractivity contribution in [2.24, 2.45) is 0 Å². The topological polar surface area (TPSA) is 66.5 Å². The molecule has 1 saturated heterocycles. The van der Waals surface area contributed by atoms with E-state index in [2.05, 4.69) is 5.32 Å². The van der Waals surface area contributed by atoms with Gasteiger partial charge in [0.15, 0.2) is 0 Å². The van der Waals surface area contributed by atoms with Crippen LogP contribution in [0.25, 0.3) is 0 Å². The average Bonchev–Trinajstić information content (AvgIpc) is 2.66. The minimum Gasteiger partial charge on any atom is -0.326 e. The molecule has 2 aromatic rings. The Kier molecular flexibility index (Phi) is 5.64. The Balaban J connectivity index is 1.61. The van der Waals surface area contributed by atoms with E-state index in [0.717, 1.165) is 11.1 Å². The van der Waals surface area contributed by atoms with Crippen LogP contribution in [0.2, 0.25) is 0 Å². The lowest BCUT2D eigenvalue weighted by molar-refractivity contribution is -0.148. The van der Waals surface area contributed by atoms with Gasteiger partial charge >= 0.3 is 0 Å². The summed E-state index contributed by atoms with van der Waals surface area (Å²) in [6.07, 6.45) is 1.42. The van der Waals surface area contributed by atoms with E-state index in [0.29, 0.717) is 24.9 Å². The number of imide groups is 1. The second kappa shape index (κ2) is 8.12. The van der Waals surface area contributed by atoms with Crippen molar-refractivity contribution in [1.29, 1.82) is 0 Å². The van der Waals surface area contributed by atoms with Gasteiger partial charge in [0, 0.05) is 18.5 Å². The lowest BCUT2D eigenvalue weighted by Crippen LogP contribution is -2.39. The van der Waals surface area contributed by atoms with Gasteiger partial charge in [0.05, 0.1) is 12.5 Å². The van der Waals surface area contributed by atoms with E-state index < -0.39 is 5.92 Å². The molecule has 0 spiro atoms. The van der Waals surface area contributed by atoms with Crippen LogP contribution in [0.1, 0.15) is 43.2 Å². The summed E-state index contributed by atoms with van der Waals surface area (Å²) in [5.41, 5.74) is 2.17. The maximum atomic E-state index is 13.0. The number of anilines is 1. The molecule has 1 N–H and O–H groups in total. The predicted octanol–water partition coefficient (Wildman–Crippen LogP) is 3.61. The number of hydrogen-bond acceptors (Lipinski definition) is 3. The first-order valence-corrected chi connectivity index (χ1v) is 8.92. The average molecular weight is 368 g/mol. The number of hydrogen-bond donors (Lipinski definition) is 1. The van der Waals surface area contributed by atoms with Crippen LogP contribution >= 0.6 is 0 Å². The summed E-state index contributed by atoms with van der Waals surface area (Å²) in [4.78, 5) is 37.4. The van der Waals surface area contributed by atoms with Crippen LogP contribution in [0.5, 0.6) is 0 Å². The molecule has 1 atom stereocenters. The Hall–Kier alpha value is -3.02. The first kappa shape index (κ1) is 18.8. The number of carbonyl (C=O) groups excluding carboxylic acids is 3. The number of benzene rings is 2. The summed E-state index contributed by atoms with van der Waals surface area (Å²) in [5, 5.41) is 2.82. The first-order valence-electron chi connectivity index (χ1n) is 8.92. The molecule has 27 heavy (non-hydrogen) atoms. The van der Waals surface area contributed by atoms with Crippen molar-refractivity contribution < 1.29 is 18.8 Å². The second-order valence-corrected chi connectivity index (χ2v) is 6.69. The number of carbonyl (C=O) groups is 3. The van der Waals surface area contributed by atoms with Crippen molar-refractivity contribution in [2.45, 2.75) is 38.6 Å². The highest BCUT2D eigenvalue weighted by Gasteiger charge is 2.25. The number of halogens is 1. The van der Waals surface area contributed by atoms with Crippen molar-refractivity contribution in [3.05, 3.63) is 65.5 Å².